The van der Waals surface area contributed by atoms with Crippen LogP contribution >= 0.6 is 11.6 Å². The Hall–Kier alpha value is -0.760. The normalized spacial score (nSPS) is 12.6. The summed E-state index contributed by atoms with van der Waals surface area (Å²) in [5, 5.41) is 0.546. The topological polar surface area (TPSA) is 9.23 Å². The maximum Gasteiger partial charge on any atom is 0.141 e. The fourth-order valence-electron chi connectivity index (χ4n) is 1.29. The van der Waals surface area contributed by atoms with Gasteiger partial charge >= 0.3 is 0 Å². The van der Waals surface area contributed by atoms with Crippen molar-refractivity contribution in [2.24, 2.45) is 0 Å². The number of hydrogen-bond donors (Lipinski definition) is 0. The number of benzene rings is 1. The molecular formula is C11H14ClFO. The predicted molar refractivity (Wildman–Crippen MR) is 57.0 cm³/mol. The lowest BCUT2D eigenvalue weighted by atomic mass is 10.0. The number of halogens is 2. The molecule has 3 heteroatoms. The third-order valence-electron chi connectivity index (χ3n) is 2.05. The number of ether oxygens (including phenoxy) is 1. The van der Waals surface area contributed by atoms with E-state index >= 15 is 0 Å². The molecule has 0 saturated heterocycles. The maximum atomic E-state index is 12.5. The molecule has 0 aliphatic rings. The molecule has 0 saturated carbocycles. The van der Waals surface area contributed by atoms with Gasteiger partial charge in [0.1, 0.15) is 5.75 Å². The first-order chi connectivity index (χ1) is 6.70. The molecule has 78 valence electrons. The number of para-hydroxylation sites is 1. The molecule has 0 heterocycles. The second kappa shape index (κ2) is 5.20. The quantitative estimate of drug-likeness (QED) is 0.744. The van der Waals surface area contributed by atoms with Crippen molar-refractivity contribution in [1.29, 1.82) is 0 Å². The van der Waals surface area contributed by atoms with Gasteiger partial charge in [0.15, 0.2) is 0 Å². The van der Waals surface area contributed by atoms with Gasteiger partial charge in [0.2, 0.25) is 0 Å². The maximum absolute atomic E-state index is 12.5. The first-order valence-corrected chi connectivity index (χ1v) is 5.05. The summed E-state index contributed by atoms with van der Waals surface area (Å²) in [6.07, 6.45) is 0. The Kier molecular flexibility index (Phi) is 4.21. The van der Waals surface area contributed by atoms with Crippen LogP contribution in [0.25, 0.3) is 0 Å². The van der Waals surface area contributed by atoms with E-state index in [0.717, 1.165) is 5.56 Å². The van der Waals surface area contributed by atoms with E-state index < -0.39 is 6.67 Å². The highest BCUT2D eigenvalue weighted by Gasteiger charge is 2.13. The van der Waals surface area contributed by atoms with Crippen LogP contribution in [0.1, 0.15) is 25.3 Å². The van der Waals surface area contributed by atoms with Crippen molar-refractivity contribution in [2.75, 3.05) is 13.3 Å². The minimum atomic E-state index is -0.402. The molecule has 1 nitrogen and oxygen atoms in total. The van der Waals surface area contributed by atoms with Crippen molar-refractivity contribution in [2.45, 2.75) is 19.8 Å². The van der Waals surface area contributed by atoms with Gasteiger partial charge in [-0.1, -0.05) is 30.7 Å². The zero-order valence-corrected chi connectivity index (χ0v) is 9.14. The summed E-state index contributed by atoms with van der Waals surface area (Å²) in [5.74, 6) is 0.442. The summed E-state index contributed by atoms with van der Waals surface area (Å²) in [4.78, 5) is 0. The Labute approximate surface area is 88.8 Å². The first kappa shape index (κ1) is 11.3. The third kappa shape index (κ3) is 2.38. The van der Waals surface area contributed by atoms with Crippen LogP contribution in [0.2, 0.25) is 5.02 Å². The van der Waals surface area contributed by atoms with Crippen LogP contribution in [0.3, 0.4) is 0 Å². The molecule has 0 aliphatic carbocycles. The Morgan fingerprint density at radius 2 is 2.21 bits per heavy atom. The molecule has 14 heavy (non-hydrogen) atoms. The molecule has 0 radical (unpaired) electrons. The first-order valence-electron chi connectivity index (χ1n) is 4.67. The van der Waals surface area contributed by atoms with E-state index in [9.17, 15) is 4.39 Å². The van der Waals surface area contributed by atoms with Crippen LogP contribution in [0, 0.1) is 0 Å². The van der Waals surface area contributed by atoms with Crippen LogP contribution in [0.15, 0.2) is 18.2 Å². The van der Waals surface area contributed by atoms with Gasteiger partial charge in [-0.25, -0.2) is 0 Å². The number of rotatable bonds is 4. The van der Waals surface area contributed by atoms with E-state index in [4.69, 9.17) is 16.3 Å². The van der Waals surface area contributed by atoms with Gasteiger partial charge in [-0.05, 0) is 13.0 Å². The Bertz CT molecular complexity index is 301. The van der Waals surface area contributed by atoms with E-state index in [1.54, 1.807) is 6.07 Å². The van der Waals surface area contributed by atoms with Gasteiger partial charge in [-0.2, -0.15) is 0 Å². The lowest BCUT2D eigenvalue weighted by molar-refractivity contribution is 0.331. The summed E-state index contributed by atoms with van der Waals surface area (Å²) >= 11 is 5.96. The monoisotopic (exact) mass is 216 g/mol. The predicted octanol–water partition coefficient (Wildman–Crippen LogP) is 3.81. The van der Waals surface area contributed by atoms with Crippen molar-refractivity contribution >= 4 is 11.6 Å². The molecule has 0 aliphatic heterocycles. The fourth-order valence-corrected chi connectivity index (χ4v) is 1.53. The van der Waals surface area contributed by atoms with E-state index in [2.05, 4.69) is 0 Å². The molecule has 1 atom stereocenters. The van der Waals surface area contributed by atoms with Crippen molar-refractivity contribution in [3.63, 3.8) is 0 Å². The lowest BCUT2D eigenvalue weighted by Crippen LogP contribution is -2.02. The molecule has 1 unspecified atom stereocenters. The summed E-state index contributed by atoms with van der Waals surface area (Å²) < 4.78 is 17.9. The largest absolute Gasteiger partial charge is 0.492 e. The third-order valence-corrected chi connectivity index (χ3v) is 2.35. The van der Waals surface area contributed by atoms with Crippen molar-refractivity contribution < 1.29 is 9.13 Å². The van der Waals surface area contributed by atoms with E-state index in [-0.39, 0.29) is 5.92 Å². The van der Waals surface area contributed by atoms with Crippen molar-refractivity contribution in [3.05, 3.63) is 28.8 Å². The summed E-state index contributed by atoms with van der Waals surface area (Å²) in [6.45, 7) is 3.83. The molecule has 0 spiro atoms. The Morgan fingerprint density at radius 1 is 1.50 bits per heavy atom. The lowest BCUT2D eigenvalue weighted by Gasteiger charge is -2.14. The highest BCUT2D eigenvalue weighted by atomic mass is 35.5. The van der Waals surface area contributed by atoms with Gasteiger partial charge in [0.05, 0.1) is 18.3 Å². The van der Waals surface area contributed by atoms with Gasteiger partial charge in [0, 0.05) is 11.5 Å². The van der Waals surface area contributed by atoms with Gasteiger partial charge in [-0.15, -0.1) is 0 Å². The highest BCUT2D eigenvalue weighted by Crippen LogP contribution is 2.33. The zero-order valence-electron chi connectivity index (χ0n) is 8.39. The van der Waals surface area contributed by atoms with Crippen LogP contribution in [-0.2, 0) is 0 Å². The molecule has 1 aromatic rings. The van der Waals surface area contributed by atoms with Crippen LogP contribution in [0.5, 0.6) is 5.75 Å². The van der Waals surface area contributed by atoms with E-state index in [1.807, 2.05) is 26.0 Å². The molecule has 1 aromatic carbocycles. The summed E-state index contributed by atoms with van der Waals surface area (Å²) in [7, 11) is 0. The van der Waals surface area contributed by atoms with Crippen molar-refractivity contribution in [1.82, 2.24) is 0 Å². The average molecular weight is 217 g/mol. The van der Waals surface area contributed by atoms with Crippen LogP contribution in [-0.4, -0.2) is 13.3 Å². The number of alkyl halides is 1. The van der Waals surface area contributed by atoms with Crippen LogP contribution < -0.4 is 4.74 Å². The van der Waals surface area contributed by atoms with E-state index in [0.29, 0.717) is 17.4 Å². The average Bonchev–Trinajstić information content (AvgIpc) is 2.20. The van der Waals surface area contributed by atoms with Gasteiger partial charge in [-0.3, -0.25) is 4.39 Å². The number of hydrogen-bond acceptors (Lipinski definition) is 1. The van der Waals surface area contributed by atoms with E-state index in [1.165, 1.54) is 0 Å². The molecular weight excluding hydrogens is 203 g/mol. The molecule has 0 N–H and O–H groups in total. The highest BCUT2D eigenvalue weighted by molar-refractivity contribution is 6.32. The fraction of sp³-hybridized carbons (Fsp3) is 0.455. The molecule has 0 fully saturated rings. The van der Waals surface area contributed by atoms with Gasteiger partial charge < -0.3 is 4.74 Å². The SMILES string of the molecule is CCOc1c(Cl)cccc1C(C)CF. The Morgan fingerprint density at radius 3 is 2.79 bits per heavy atom. The minimum Gasteiger partial charge on any atom is -0.492 e. The van der Waals surface area contributed by atoms with Crippen LogP contribution in [0.4, 0.5) is 4.39 Å². The van der Waals surface area contributed by atoms with Gasteiger partial charge in [0.25, 0.3) is 0 Å². The molecule has 1 rings (SSSR count). The molecule has 0 aromatic heterocycles. The Balaban J connectivity index is 3.07. The zero-order chi connectivity index (χ0) is 10.6. The molecule has 0 amide bonds. The second-order valence-electron chi connectivity index (χ2n) is 3.15. The standard InChI is InChI=1S/C11H14ClFO/c1-3-14-11-9(8(2)7-13)5-4-6-10(11)12/h4-6,8H,3,7H2,1-2H3. The summed E-state index contributed by atoms with van der Waals surface area (Å²) in [6, 6.07) is 5.41. The summed E-state index contributed by atoms with van der Waals surface area (Å²) in [5.41, 5.74) is 0.835. The second-order valence-corrected chi connectivity index (χ2v) is 3.55. The minimum absolute atomic E-state index is 0.171. The molecule has 0 bridgehead atoms. The van der Waals surface area contributed by atoms with Crippen molar-refractivity contribution in [3.8, 4) is 5.75 Å². The smallest absolute Gasteiger partial charge is 0.141 e.